The van der Waals surface area contributed by atoms with Crippen LogP contribution in [-0.2, 0) is 0 Å². The van der Waals surface area contributed by atoms with Crippen molar-refractivity contribution in [3.8, 4) is 0 Å². The molecule has 4 heteroatoms. The first-order valence-electron chi connectivity index (χ1n) is 8.18. The number of nitrogens with one attached hydrogen (secondary N) is 1. The quantitative estimate of drug-likeness (QED) is 0.752. The zero-order valence-electron chi connectivity index (χ0n) is 14.7. The second kappa shape index (κ2) is 7.18. The molecule has 1 heterocycles. The summed E-state index contributed by atoms with van der Waals surface area (Å²) in [5.41, 5.74) is 5.54. The van der Waals surface area contributed by atoms with Gasteiger partial charge in [0.25, 0.3) is 5.91 Å². The van der Waals surface area contributed by atoms with E-state index in [1.165, 1.54) is 11.1 Å². The van der Waals surface area contributed by atoms with Gasteiger partial charge in [-0.1, -0.05) is 35.9 Å². The molecular weight excluding hydrogens is 310 g/mol. The normalized spacial score (nSPS) is 10.4. The largest absolute Gasteiger partial charge is 0.354 e. The van der Waals surface area contributed by atoms with Gasteiger partial charge in [0, 0.05) is 18.4 Å². The van der Waals surface area contributed by atoms with Crippen LogP contribution in [0.15, 0.2) is 66.9 Å². The van der Waals surface area contributed by atoms with Gasteiger partial charge in [-0.25, -0.2) is 4.98 Å². The fourth-order valence-corrected chi connectivity index (χ4v) is 2.64. The number of hydrogen-bond donors (Lipinski definition) is 1. The lowest BCUT2D eigenvalue weighted by molar-refractivity contribution is 0.0988. The summed E-state index contributed by atoms with van der Waals surface area (Å²) in [6, 6.07) is 19.4. The minimum absolute atomic E-state index is 0.135. The van der Waals surface area contributed by atoms with Gasteiger partial charge in [-0.2, -0.15) is 0 Å². The molecule has 1 amide bonds. The maximum absolute atomic E-state index is 12.5. The summed E-state index contributed by atoms with van der Waals surface area (Å²) in [6.45, 7) is 4.14. The lowest BCUT2D eigenvalue weighted by Crippen LogP contribution is -2.26. The number of nitrogens with zero attached hydrogens (tertiary/aromatic N) is 2. The number of carbonyl (C=O) groups is 1. The van der Waals surface area contributed by atoms with Gasteiger partial charge >= 0.3 is 0 Å². The van der Waals surface area contributed by atoms with E-state index in [4.69, 9.17) is 0 Å². The molecule has 25 heavy (non-hydrogen) atoms. The summed E-state index contributed by atoms with van der Waals surface area (Å²) >= 11 is 0. The van der Waals surface area contributed by atoms with Gasteiger partial charge in [0.05, 0.1) is 11.9 Å². The van der Waals surface area contributed by atoms with Gasteiger partial charge in [-0.15, -0.1) is 0 Å². The Labute approximate surface area is 148 Å². The number of anilines is 3. The zero-order chi connectivity index (χ0) is 17.8. The molecule has 2 aromatic carbocycles. The summed E-state index contributed by atoms with van der Waals surface area (Å²) in [4.78, 5) is 18.5. The average molecular weight is 331 g/mol. The lowest BCUT2D eigenvalue weighted by Gasteiger charge is -2.17. The van der Waals surface area contributed by atoms with Crippen molar-refractivity contribution in [3.63, 3.8) is 0 Å². The number of benzene rings is 2. The van der Waals surface area contributed by atoms with Crippen LogP contribution in [0.3, 0.4) is 0 Å². The summed E-state index contributed by atoms with van der Waals surface area (Å²) in [5, 5.41) is 3.34. The molecule has 126 valence electrons. The monoisotopic (exact) mass is 331 g/mol. The summed E-state index contributed by atoms with van der Waals surface area (Å²) < 4.78 is 0. The van der Waals surface area contributed by atoms with Crippen LogP contribution in [0.2, 0.25) is 0 Å². The Kier molecular flexibility index (Phi) is 4.80. The van der Waals surface area contributed by atoms with Crippen molar-refractivity contribution < 1.29 is 4.79 Å². The SMILES string of the molecule is Cc1ccc(Nc2ccc(C(=O)N(C)c3ccccc3)nc2)c(C)c1. The van der Waals surface area contributed by atoms with Crippen molar-refractivity contribution in [2.24, 2.45) is 0 Å². The minimum Gasteiger partial charge on any atom is -0.354 e. The first-order chi connectivity index (χ1) is 12.0. The Balaban J connectivity index is 1.74. The molecule has 0 aliphatic carbocycles. The number of carbonyl (C=O) groups excluding carboxylic acids is 1. The molecule has 0 radical (unpaired) electrons. The fraction of sp³-hybridized carbons (Fsp3) is 0.143. The maximum Gasteiger partial charge on any atom is 0.276 e. The highest BCUT2D eigenvalue weighted by Crippen LogP contribution is 2.21. The van der Waals surface area contributed by atoms with Crippen molar-refractivity contribution in [2.45, 2.75) is 13.8 Å². The molecule has 0 saturated carbocycles. The molecule has 0 aliphatic heterocycles. The highest BCUT2D eigenvalue weighted by molar-refractivity contribution is 6.04. The van der Waals surface area contributed by atoms with Gasteiger partial charge in [-0.05, 0) is 49.7 Å². The summed E-state index contributed by atoms with van der Waals surface area (Å²) in [7, 11) is 1.75. The van der Waals surface area contributed by atoms with E-state index in [-0.39, 0.29) is 5.91 Å². The molecule has 0 spiro atoms. The number of pyridine rings is 1. The van der Waals surface area contributed by atoms with E-state index < -0.39 is 0 Å². The van der Waals surface area contributed by atoms with Crippen LogP contribution in [0.25, 0.3) is 0 Å². The van der Waals surface area contributed by atoms with Crippen LogP contribution in [0, 0.1) is 13.8 Å². The number of aromatic nitrogens is 1. The van der Waals surface area contributed by atoms with Gasteiger partial charge in [-0.3, -0.25) is 4.79 Å². The van der Waals surface area contributed by atoms with E-state index in [9.17, 15) is 4.79 Å². The molecule has 3 rings (SSSR count). The topological polar surface area (TPSA) is 45.2 Å². The molecule has 1 aromatic heterocycles. The molecule has 0 fully saturated rings. The van der Waals surface area contributed by atoms with Crippen LogP contribution in [-0.4, -0.2) is 17.9 Å². The van der Waals surface area contributed by atoms with Crippen molar-refractivity contribution in [3.05, 3.63) is 83.7 Å². The molecule has 0 aliphatic rings. The molecule has 4 nitrogen and oxygen atoms in total. The van der Waals surface area contributed by atoms with Gasteiger partial charge < -0.3 is 10.2 Å². The minimum atomic E-state index is -0.135. The molecule has 0 atom stereocenters. The number of para-hydroxylation sites is 1. The fourth-order valence-electron chi connectivity index (χ4n) is 2.64. The standard InChI is InChI=1S/C21H21N3O/c1-15-9-11-19(16(2)13-15)23-17-10-12-20(22-14-17)21(25)24(3)18-7-5-4-6-8-18/h4-14,23H,1-3H3. The van der Waals surface area contributed by atoms with E-state index in [0.717, 1.165) is 17.1 Å². The predicted octanol–water partition coefficient (Wildman–Crippen LogP) is 4.72. The Bertz CT molecular complexity index is 873. The summed E-state index contributed by atoms with van der Waals surface area (Å²) in [5.74, 6) is -0.135. The number of hydrogen-bond acceptors (Lipinski definition) is 3. The van der Waals surface area contributed by atoms with Gasteiger partial charge in [0.1, 0.15) is 5.69 Å². The third kappa shape index (κ3) is 3.86. The van der Waals surface area contributed by atoms with E-state index in [1.807, 2.05) is 42.5 Å². The van der Waals surface area contributed by atoms with Crippen molar-refractivity contribution >= 4 is 23.0 Å². The predicted molar refractivity (Wildman–Crippen MR) is 103 cm³/mol. The first-order valence-corrected chi connectivity index (χ1v) is 8.18. The number of amides is 1. The molecule has 3 aromatic rings. The van der Waals surface area contributed by atoms with Crippen LogP contribution in [0.1, 0.15) is 21.6 Å². The van der Waals surface area contributed by atoms with E-state index in [2.05, 4.69) is 36.3 Å². The zero-order valence-corrected chi connectivity index (χ0v) is 14.7. The molecule has 0 saturated heterocycles. The van der Waals surface area contributed by atoms with Crippen molar-refractivity contribution in [1.29, 1.82) is 0 Å². The van der Waals surface area contributed by atoms with E-state index in [1.54, 1.807) is 24.2 Å². The van der Waals surface area contributed by atoms with Gasteiger partial charge in [0.2, 0.25) is 0 Å². The lowest BCUT2D eigenvalue weighted by atomic mass is 10.1. The first kappa shape index (κ1) is 16.7. The smallest absolute Gasteiger partial charge is 0.276 e. The molecule has 1 N–H and O–H groups in total. The number of aryl methyl sites for hydroxylation is 2. The second-order valence-corrected chi connectivity index (χ2v) is 6.08. The van der Waals surface area contributed by atoms with Gasteiger partial charge in [0.15, 0.2) is 0 Å². The highest BCUT2D eigenvalue weighted by atomic mass is 16.2. The van der Waals surface area contributed by atoms with E-state index in [0.29, 0.717) is 5.69 Å². The van der Waals surface area contributed by atoms with Crippen molar-refractivity contribution in [1.82, 2.24) is 4.98 Å². The number of rotatable bonds is 4. The highest BCUT2D eigenvalue weighted by Gasteiger charge is 2.14. The Morgan fingerprint density at radius 3 is 2.40 bits per heavy atom. The Hall–Kier alpha value is -3.14. The second-order valence-electron chi connectivity index (χ2n) is 6.08. The third-order valence-corrected chi connectivity index (χ3v) is 4.09. The van der Waals surface area contributed by atoms with Crippen LogP contribution in [0.4, 0.5) is 17.1 Å². The Morgan fingerprint density at radius 1 is 1.00 bits per heavy atom. The Morgan fingerprint density at radius 2 is 1.76 bits per heavy atom. The molecular formula is C21H21N3O. The summed E-state index contributed by atoms with van der Waals surface area (Å²) in [6.07, 6.45) is 1.69. The van der Waals surface area contributed by atoms with Crippen LogP contribution >= 0.6 is 0 Å². The van der Waals surface area contributed by atoms with Crippen LogP contribution < -0.4 is 10.2 Å². The van der Waals surface area contributed by atoms with E-state index >= 15 is 0 Å². The molecule has 0 bridgehead atoms. The third-order valence-electron chi connectivity index (χ3n) is 4.09. The average Bonchev–Trinajstić information content (AvgIpc) is 2.64. The maximum atomic E-state index is 12.5. The molecule has 0 unspecified atom stereocenters. The van der Waals surface area contributed by atoms with Crippen molar-refractivity contribution in [2.75, 3.05) is 17.3 Å². The van der Waals surface area contributed by atoms with Crippen LogP contribution in [0.5, 0.6) is 0 Å².